The summed E-state index contributed by atoms with van der Waals surface area (Å²) < 4.78 is 25.7. The van der Waals surface area contributed by atoms with Crippen LogP contribution in [0.4, 0.5) is 14.6 Å². The van der Waals surface area contributed by atoms with Crippen molar-refractivity contribution in [2.24, 2.45) is 0 Å². The SMILES string of the molecule is CC(F)(F)c1cnc(NC2CCCC2)cn1. The maximum Gasteiger partial charge on any atom is 0.288 e. The molecule has 16 heavy (non-hydrogen) atoms. The second kappa shape index (κ2) is 4.31. The van der Waals surface area contributed by atoms with Gasteiger partial charge in [0.25, 0.3) is 5.92 Å². The van der Waals surface area contributed by atoms with Crippen LogP contribution >= 0.6 is 0 Å². The molecule has 0 atom stereocenters. The first-order chi connectivity index (χ1) is 7.55. The van der Waals surface area contributed by atoms with Crippen LogP contribution in [0, 0.1) is 0 Å². The van der Waals surface area contributed by atoms with Crippen LogP contribution in [-0.4, -0.2) is 16.0 Å². The molecule has 0 unspecified atom stereocenters. The molecule has 1 aliphatic rings. The second-order valence-corrected chi connectivity index (χ2v) is 4.30. The first-order valence-electron chi connectivity index (χ1n) is 5.52. The first-order valence-corrected chi connectivity index (χ1v) is 5.52. The van der Waals surface area contributed by atoms with E-state index in [4.69, 9.17) is 0 Å². The molecule has 2 rings (SSSR count). The van der Waals surface area contributed by atoms with E-state index in [9.17, 15) is 8.78 Å². The molecular weight excluding hydrogens is 212 g/mol. The highest BCUT2D eigenvalue weighted by Gasteiger charge is 2.26. The molecule has 1 N–H and O–H groups in total. The number of nitrogens with zero attached hydrogens (tertiary/aromatic N) is 2. The van der Waals surface area contributed by atoms with Crippen molar-refractivity contribution in [1.82, 2.24) is 9.97 Å². The highest BCUT2D eigenvalue weighted by atomic mass is 19.3. The highest BCUT2D eigenvalue weighted by molar-refractivity contribution is 5.33. The molecule has 1 heterocycles. The van der Waals surface area contributed by atoms with E-state index in [2.05, 4.69) is 15.3 Å². The van der Waals surface area contributed by atoms with E-state index in [0.29, 0.717) is 11.9 Å². The summed E-state index contributed by atoms with van der Waals surface area (Å²) in [5.41, 5.74) is -0.288. The Morgan fingerprint density at radius 2 is 1.94 bits per heavy atom. The minimum absolute atomic E-state index is 0.288. The Hall–Kier alpha value is -1.26. The van der Waals surface area contributed by atoms with E-state index in [1.54, 1.807) is 0 Å². The van der Waals surface area contributed by atoms with Gasteiger partial charge in [-0.2, -0.15) is 8.78 Å². The fourth-order valence-electron chi connectivity index (χ4n) is 1.91. The normalized spacial score (nSPS) is 17.7. The average Bonchev–Trinajstić information content (AvgIpc) is 2.70. The van der Waals surface area contributed by atoms with E-state index < -0.39 is 5.92 Å². The van der Waals surface area contributed by atoms with Gasteiger partial charge in [0.05, 0.1) is 12.4 Å². The maximum absolute atomic E-state index is 12.9. The van der Waals surface area contributed by atoms with Crippen LogP contribution in [-0.2, 0) is 5.92 Å². The van der Waals surface area contributed by atoms with E-state index in [1.165, 1.54) is 19.0 Å². The molecule has 0 aromatic carbocycles. The van der Waals surface area contributed by atoms with Gasteiger partial charge in [-0.15, -0.1) is 0 Å². The summed E-state index contributed by atoms with van der Waals surface area (Å²) in [7, 11) is 0. The number of rotatable bonds is 3. The summed E-state index contributed by atoms with van der Waals surface area (Å²) in [4.78, 5) is 7.67. The molecule has 1 fully saturated rings. The van der Waals surface area contributed by atoms with E-state index >= 15 is 0 Å². The molecule has 0 spiro atoms. The number of alkyl halides is 2. The van der Waals surface area contributed by atoms with Crippen LogP contribution in [0.5, 0.6) is 0 Å². The Morgan fingerprint density at radius 3 is 2.44 bits per heavy atom. The lowest BCUT2D eigenvalue weighted by atomic mass is 10.2. The minimum atomic E-state index is -2.92. The molecular formula is C11H15F2N3. The summed E-state index contributed by atoms with van der Waals surface area (Å²) in [6, 6.07) is 0.419. The molecule has 0 amide bonds. The third-order valence-electron chi connectivity index (χ3n) is 2.81. The van der Waals surface area contributed by atoms with E-state index in [0.717, 1.165) is 26.0 Å². The Labute approximate surface area is 93.3 Å². The molecule has 1 aromatic rings. The third-order valence-corrected chi connectivity index (χ3v) is 2.81. The molecule has 0 bridgehead atoms. The largest absolute Gasteiger partial charge is 0.366 e. The number of hydrogen-bond donors (Lipinski definition) is 1. The van der Waals surface area contributed by atoms with Gasteiger partial charge in [-0.25, -0.2) is 9.97 Å². The van der Waals surface area contributed by atoms with Crippen molar-refractivity contribution >= 4 is 5.82 Å². The lowest BCUT2D eigenvalue weighted by Crippen LogP contribution is -2.17. The van der Waals surface area contributed by atoms with Crippen LogP contribution in [0.15, 0.2) is 12.4 Å². The lowest BCUT2D eigenvalue weighted by molar-refractivity contribution is 0.0124. The lowest BCUT2D eigenvalue weighted by Gasteiger charge is -2.13. The monoisotopic (exact) mass is 227 g/mol. The topological polar surface area (TPSA) is 37.8 Å². The molecule has 0 aliphatic heterocycles. The Balaban J connectivity index is 2.01. The van der Waals surface area contributed by atoms with Crippen LogP contribution in [0.2, 0.25) is 0 Å². The zero-order valence-corrected chi connectivity index (χ0v) is 9.21. The van der Waals surface area contributed by atoms with Gasteiger partial charge in [0, 0.05) is 13.0 Å². The molecule has 0 saturated heterocycles. The van der Waals surface area contributed by atoms with Gasteiger partial charge < -0.3 is 5.32 Å². The number of nitrogens with one attached hydrogen (secondary N) is 1. The summed E-state index contributed by atoms with van der Waals surface area (Å²) in [5.74, 6) is -2.33. The smallest absolute Gasteiger partial charge is 0.288 e. The Bertz CT molecular complexity index is 339. The third kappa shape index (κ3) is 2.65. The van der Waals surface area contributed by atoms with Crippen molar-refractivity contribution in [2.75, 3.05) is 5.32 Å². The van der Waals surface area contributed by atoms with Crippen molar-refractivity contribution in [3.05, 3.63) is 18.1 Å². The van der Waals surface area contributed by atoms with Crippen LogP contribution in [0.1, 0.15) is 38.3 Å². The number of anilines is 1. The molecule has 1 aliphatic carbocycles. The zero-order chi connectivity index (χ0) is 11.6. The molecule has 1 saturated carbocycles. The van der Waals surface area contributed by atoms with Gasteiger partial charge >= 0.3 is 0 Å². The summed E-state index contributed by atoms with van der Waals surface area (Å²) >= 11 is 0. The molecule has 0 radical (unpaired) electrons. The maximum atomic E-state index is 12.9. The first kappa shape index (κ1) is 11.2. The Morgan fingerprint density at radius 1 is 1.25 bits per heavy atom. The number of aromatic nitrogens is 2. The minimum Gasteiger partial charge on any atom is -0.366 e. The average molecular weight is 227 g/mol. The molecule has 3 nitrogen and oxygen atoms in total. The van der Waals surface area contributed by atoms with Crippen molar-refractivity contribution in [2.45, 2.75) is 44.6 Å². The predicted octanol–water partition coefficient (Wildman–Crippen LogP) is 2.94. The van der Waals surface area contributed by atoms with Gasteiger partial charge in [0.15, 0.2) is 0 Å². The van der Waals surface area contributed by atoms with Gasteiger partial charge in [-0.3, -0.25) is 0 Å². The summed E-state index contributed by atoms with van der Waals surface area (Å²) in [5, 5.41) is 3.20. The summed E-state index contributed by atoms with van der Waals surface area (Å²) in [6.07, 6.45) is 7.19. The quantitative estimate of drug-likeness (QED) is 0.862. The van der Waals surface area contributed by atoms with Crippen molar-refractivity contribution in [1.29, 1.82) is 0 Å². The van der Waals surface area contributed by atoms with E-state index in [-0.39, 0.29) is 5.69 Å². The van der Waals surface area contributed by atoms with Gasteiger partial charge in [0.1, 0.15) is 11.5 Å². The fraction of sp³-hybridized carbons (Fsp3) is 0.636. The van der Waals surface area contributed by atoms with Crippen LogP contribution in [0.25, 0.3) is 0 Å². The zero-order valence-electron chi connectivity index (χ0n) is 9.21. The van der Waals surface area contributed by atoms with Crippen LogP contribution in [0.3, 0.4) is 0 Å². The van der Waals surface area contributed by atoms with Gasteiger partial charge in [-0.05, 0) is 12.8 Å². The molecule has 5 heteroatoms. The predicted molar refractivity (Wildman–Crippen MR) is 57.5 cm³/mol. The number of halogens is 2. The Kier molecular flexibility index (Phi) is 3.03. The highest BCUT2D eigenvalue weighted by Crippen LogP contribution is 2.25. The van der Waals surface area contributed by atoms with Gasteiger partial charge in [0.2, 0.25) is 0 Å². The van der Waals surface area contributed by atoms with Crippen LogP contribution < -0.4 is 5.32 Å². The van der Waals surface area contributed by atoms with Crippen molar-refractivity contribution in [3.63, 3.8) is 0 Å². The van der Waals surface area contributed by atoms with E-state index in [1.807, 2.05) is 0 Å². The molecule has 88 valence electrons. The van der Waals surface area contributed by atoms with Crippen molar-refractivity contribution in [3.8, 4) is 0 Å². The fourth-order valence-corrected chi connectivity index (χ4v) is 1.91. The van der Waals surface area contributed by atoms with Gasteiger partial charge in [-0.1, -0.05) is 12.8 Å². The molecule has 1 aromatic heterocycles. The second-order valence-electron chi connectivity index (χ2n) is 4.30. The number of hydrogen-bond acceptors (Lipinski definition) is 3. The standard InChI is InChI=1S/C11H15F2N3/c1-11(12,13)9-6-15-10(7-14-9)16-8-4-2-3-5-8/h6-8H,2-5H2,1H3,(H,15,16). The van der Waals surface area contributed by atoms with Crippen molar-refractivity contribution < 1.29 is 8.78 Å². The summed E-state index contributed by atoms with van der Waals surface area (Å²) in [6.45, 7) is 0.821.